The number of rotatable bonds is 5. The van der Waals surface area contributed by atoms with E-state index in [0.717, 1.165) is 12.8 Å². The average molecular weight is 266 g/mol. The molecule has 0 spiro atoms. The summed E-state index contributed by atoms with van der Waals surface area (Å²) in [7, 11) is 0. The van der Waals surface area contributed by atoms with Gasteiger partial charge >= 0.3 is 0 Å². The van der Waals surface area contributed by atoms with E-state index < -0.39 is 6.04 Å². The van der Waals surface area contributed by atoms with Crippen molar-refractivity contribution >= 4 is 23.2 Å². The number of amides is 1. The van der Waals surface area contributed by atoms with Gasteiger partial charge in [0.25, 0.3) is 0 Å². The first kappa shape index (κ1) is 14.5. The molecule has 0 radical (unpaired) electrons. The fourth-order valence-corrected chi connectivity index (χ4v) is 1.64. The lowest BCUT2D eigenvalue weighted by atomic mass is 10.1. The molecule has 0 aliphatic heterocycles. The molecular formula is C13H16ClN3O. The highest BCUT2D eigenvalue weighted by Gasteiger charge is 2.13. The Hall–Kier alpha value is -1.57. The summed E-state index contributed by atoms with van der Waals surface area (Å²) in [4.78, 5) is 11.8. The van der Waals surface area contributed by atoms with E-state index in [1.807, 2.05) is 13.0 Å². The zero-order valence-electron chi connectivity index (χ0n) is 10.2. The summed E-state index contributed by atoms with van der Waals surface area (Å²) in [5.74, 6) is -0.241. The third-order valence-electron chi connectivity index (χ3n) is 2.56. The molecule has 1 unspecified atom stereocenters. The fourth-order valence-electron chi connectivity index (χ4n) is 1.48. The van der Waals surface area contributed by atoms with Crippen molar-refractivity contribution in [3.8, 4) is 6.07 Å². The Morgan fingerprint density at radius 2 is 2.33 bits per heavy atom. The van der Waals surface area contributed by atoms with Crippen molar-refractivity contribution in [3.63, 3.8) is 0 Å². The van der Waals surface area contributed by atoms with E-state index in [4.69, 9.17) is 22.6 Å². The van der Waals surface area contributed by atoms with E-state index in [2.05, 4.69) is 5.32 Å². The number of unbranched alkanes of at least 4 members (excludes halogenated alkanes) is 1. The Morgan fingerprint density at radius 3 is 2.94 bits per heavy atom. The van der Waals surface area contributed by atoms with Crippen LogP contribution in [-0.2, 0) is 4.79 Å². The molecule has 0 saturated carbocycles. The van der Waals surface area contributed by atoms with Crippen LogP contribution < -0.4 is 11.1 Å². The summed E-state index contributed by atoms with van der Waals surface area (Å²) in [6.07, 6.45) is 2.57. The monoisotopic (exact) mass is 265 g/mol. The van der Waals surface area contributed by atoms with Crippen LogP contribution in [-0.4, -0.2) is 11.9 Å². The highest BCUT2D eigenvalue weighted by Crippen LogP contribution is 2.19. The second kappa shape index (κ2) is 7.00. The van der Waals surface area contributed by atoms with Crippen molar-refractivity contribution in [1.82, 2.24) is 0 Å². The number of carbonyl (C=O) groups is 1. The van der Waals surface area contributed by atoms with Crippen LogP contribution in [0.15, 0.2) is 18.2 Å². The van der Waals surface area contributed by atoms with Crippen LogP contribution in [0.25, 0.3) is 0 Å². The molecule has 18 heavy (non-hydrogen) atoms. The van der Waals surface area contributed by atoms with Gasteiger partial charge in [-0.1, -0.05) is 31.4 Å². The van der Waals surface area contributed by atoms with Crippen LogP contribution in [0.4, 0.5) is 5.69 Å². The topological polar surface area (TPSA) is 78.9 Å². The number of hydrogen-bond donors (Lipinski definition) is 2. The fraction of sp³-hybridized carbons (Fsp3) is 0.385. The minimum absolute atomic E-state index is 0.241. The van der Waals surface area contributed by atoms with Gasteiger partial charge in [0.1, 0.15) is 6.07 Å². The number of halogens is 1. The lowest BCUT2D eigenvalue weighted by Gasteiger charge is -2.12. The molecule has 1 amide bonds. The van der Waals surface area contributed by atoms with Crippen LogP contribution in [0.1, 0.15) is 31.7 Å². The summed E-state index contributed by atoms with van der Waals surface area (Å²) in [6, 6.07) is 6.19. The van der Waals surface area contributed by atoms with Gasteiger partial charge in [0.2, 0.25) is 5.91 Å². The van der Waals surface area contributed by atoms with Gasteiger partial charge in [-0.2, -0.15) is 5.26 Å². The maximum Gasteiger partial charge on any atom is 0.241 e. The van der Waals surface area contributed by atoms with Crippen LogP contribution in [0.5, 0.6) is 0 Å². The molecule has 0 bridgehead atoms. The van der Waals surface area contributed by atoms with Gasteiger partial charge in [0.05, 0.1) is 16.6 Å². The number of benzene rings is 1. The molecule has 0 saturated heterocycles. The van der Waals surface area contributed by atoms with E-state index in [1.54, 1.807) is 12.1 Å². The van der Waals surface area contributed by atoms with Gasteiger partial charge in [-0.3, -0.25) is 4.79 Å². The molecule has 1 rings (SSSR count). The molecule has 1 aromatic carbocycles. The number of nitrogens with one attached hydrogen (secondary N) is 1. The predicted molar refractivity (Wildman–Crippen MR) is 72.3 cm³/mol. The minimum atomic E-state index is -0.522. The summed E-state index contributed by atoms with van der Waals surface area (Å²) >= 11 is 5.80. The molecule has 1 atom stereocenters. The Kier molecular flexibility index (Phi) is 5.63. The quantitative estimate of drug-likeness (QED) is 0.859. The van der Waals surface area contributed by atoms with E-state index in [-0.39, 0.29) is 5.91 Å². The van der Waals surface area contributed by atoms with Crippen LogP contribution in [0, 0.1) is 11.3 Å². The van der Waals surface area contributed by atoms with Gasteiger partial charge in [-0.25, -0.2) is 0 Å². The third kappa shape index (κ3) is 4.02. The molecule has 0 aromatic heterocycles. The summed E-state index contributed by atoms with van der Waals surface area (Å²) < 4.78 is 0. The Labute approximate surface area is 112 Å². The number of hydrogen-bond acceptors (Lipinski definition) is 3. The lowest BCUT2D eigenvalue weighted by molar-refractivity contribution is -0.117. The van der Waals surface area contributed by atoms with Crippen molar-refractivity contribution in [2.45, 2.75) is 32.2 Å². The second-order valence-electron chi connectivity index (χ2n) is 4.04. The Morgan fingerprint density at radius 1 is 1.61 bits per heavy atom. The maximum absolute atomic E-state index is 11.8. The molecule has 96 valence electrons. The number of nitrogens with two attached hydrogens (primary N) is 1. The second-order valence-corrected chi connectivity index (χ2v) is 4.45. The summed E-state index contributed by atoms with van der Waals surface area (Å²) in [5, 5.41) is 11.9. The zero-order chi connectivity index (χ0) is 13.5. The highest BCUT2D eigenvalue weighted by molar-refractivity contribution is 6.31. The van der Waals surface area contributed by atoms with Crippen molar-refractivity contribution in [1.29, 1.82) is 5.26 Å². The van der Waals surface area contributed by atoms with E-state index in [1.165, 1.54) is 6.07 Å². The molecule has 5 heteroatoms. The Balaban J connectivity index is 2.67. The first-order valence-corrected chi connectivity index (χ1v) is 6.22. The molecule has 4 nitrogen and oxygen atoms in total. The third-order valence-corrected chi connectivity index (χ3v) is 2.89. The number of anilines is 1. The van der Waals surface area contributed by atoms with Crippen molar-refractivity contribution in [3.05, 3.63) is 28.8 Å². The smallest absolute Gasteiger partial charge is 0.241 e. The SMILES string of the molecule is CCCCC(N)C(=O)Nc1ccc(Cl)c(C#N)c1. The number of carbonyl (C=O) groups excluding carboxylic acids is 1. The number of nitriles is 1. The zero-order valence-corrected chi connectivity index (χ0v) is 11.0. The molecule has 1 aromatic rings. The first-order chi connectivity index (χ1) is 8.58. The normalized spacial score (nSPS) is 11.7. The van der Waals surface area contributed by atoms with Crippen molar-refractivity contribution in [2.24, 2.45) is 5.73 Å². The highest BCUT2D eigenvalue weighted by atomic mass is 35.5. The molecule has 0 aliphatic rings. The molecule has 3 N–H and O–H groups in total. The first-order valence-electron chi connectivity index (χ1n) is 5.84. The summed E-state index contributed by atoms with van der Waals surface area (Å²) in [5.41, 5.74) is 6.61. The lowest BCUT2D eigenvalue weighted by Crippen LogP contribution is -2.35. The van der Waals surface area contributed by atoms with Gasteiger partial charge in [0, 0.05) is 5.69 Å². The van der Waals surface area contributed by atoms with Crippen LogP contribution in [0.2, 0.25) is 5.02 Å². The molecule has 0 heterocycles. The summed E-state index contributed by atoms with van der Waals surface area (Å²) in [6.45, 7) is 2.04. The van der Waals surface area contributed by atoms with Gasteiger partial charge in [-0.15, -0.1) is 0 Å². The largest absolute Gasteiger partial charge is 0.325 e. The predicted octanol–water partition coefficient (Wildman–Crippen LogP) is 2.67. The molecular weight excluding hydrogens is 250 g/mol. The van der Waals surface area contributed by atoms with Crippen molar-refractivity contribution < 1.29 is 4.79 Å². The number of nitrogens with zero attached hydrogens (tertiary/aromatic N) is 1. The average Bonchev–Trinajstić information content (AvgIpc) is 2.37. The van der Waals surface area contributed by atoms with Gasteiger partial charge in [-0.05, 0) is 24.6 Å². The van der Waals surface area contributed by atoms with Crippen molar-refractivity contribution in [2.75, 3.05) is 5.32 Å². The van der Waals surface area contributed by atoms with E-state index in [9.17, 15) is 4.79 Å². The van der Waals surface area contributed by atoms with E-state index in [0.29, 0.717) is 22.7 Å². The standard InChI is InChI=1S/C13H16ClN3O/c1-2-3-4-12(16)13(18)17-10-5-6-11(14)9(7-10)8-15/h5-7,12H,2-4,16H2,1H3,(H,17,18). The minimum Gasteiger partial charge on any atom is -0.325 e. The van der Waals surface area contributed by atoms with Crippen LogP contribution in [0.3, 0.4) is 0 Å². The van der Waals surface area contributed by atoms with Gasteiger partial charge < -0.3 is 11.1 Å². The maximum atomic E-state index is 11.8. The van der Waals surface area contributed by atoms with E-state index >= 15 is 0 Å². The Bertz CT molecular complexity index is 468. The van der Waals surface area contributed by atoms with Crippen LogP contribution >= 0.6 is 11.6 Å². The molecule has 0 fully saturated rings. The van der Waals surface area contributed by atoms with Gasteiger partial charge in [0.15, 0.2) is 0 Å². The molecule has 0 aliphatic carbocycles.